The van der Waals surface area contributed by atoms with Crippen molar-refractivity contribution in [3.63, 3.8) is 0 Å². The van der Waals surface area contributed by atoms with Gasteiger partial charge in [0.05, 0.1) is 6.20 Å². The molecular weight excluding hydrogens is 247 g/mol. The average Bonchev–Trinajstić information content (AvgIpc) is 2.76. The van der Waals surface area contributed by atoms with Gasteiger partial charge < -0.3 is 10.1 Å². The topological polar surface area (TPSA) is 39.1 Å². The summed E-state index contributed by atoms with van der Waals surface area (Å²) in [6.45, 7) is 1.60. The van der Waals surface area contributed by atoms with Crippen molar-refractivity contribution in [2.75, 3.05) is 20.3 Å². The van der Waals surface area contributed by atoms with Gasteiger partial charge >= 0.3 is 6.18 Å². The molecule has 4 nitrogen and oxygen atoms in total. The van der Waals surface area contributed by atoms with Crippen LogP contribution in [-0.2, 0) is 11.3 Å². The van der Waals surface area contributed by atoms with Crippen LogP contribution >= 0.6 is 0 Å². The minimum absolute atomic E-state index is 0.0430. The second-order valence-corrected chi connectivity index (χ2v) is 3.93. The summed E-state index contributed by atoms with van der Waals surface area (Å²) in [6, 6.07) is -0.0430. The number of halogens is 3. The van der Waals surface area contributed by atoms with Gasteiger partial charge in [0.25, 0.3) is 0 Å². The first kappa shape index (κ1) is 15.0. The molecule has 0 amide bonds. The van der Waals surface area contributed by atoms with Crippen molar-refractivity contribution < 1.29 is 17.9 Å². The fraction of sp³-hybridized carbons (Fsp3) is 0.727. The van der Waals surface area contributed by atoms with Gasteiger partial charge in [-0.2, -0.15) is 18.3 Å². The van der Waals surface area contributed by atoms with Crippen LogP contribution in [-0.4, -0.2) is 36.2 Å². The lowest BCUT2D eigenvalue weighted by atomic mass is 10.1. The predicted octanol–water partition coefficient (Wildman–Crippen LogP) is 2.13. The number of hydrogen-bond donors (Lipinski definition) is 1. The Morgan fingerprint density at radius 1 is 1.50 bits per heavy atom. The fourth-order valence-corrected chi connectivity index (χ4v) is 1.60. The third-order valence-electron chi connectivity index (χ3n) is 2.54. The summed E-state index contributed by atoms with van der Waals surface area (Å²) in [5.41, 5.74) is 0.954. The van der Waals surface area contributed by atoms with Crippen molar-refractivity contribution in [3.05, 3.63) is 18.0 Å². The fourth-order valence-electron chi connectivity index (χ4n) is 1.60. The van der Waals surface area contributed by atoms with Crippen molar-refractivity contribution in [2.45, 2.75) is 32.1 Å². The highest BCUT2D eigenvalue weighted by molar-refractivity contribution is 5.10. The maximum atomic E-state index is 11.9. The highest BCUT2D eigenvalue weighted by Crippen LogP contribution is 2.18. The number of alkyl halides is 3. The molecule has 0 saturated heterocycles. The molecule has 7 heteroatoms. The third kappa shape index (κ3) is 5.05. The maximum Gasteiger partial charge on any atom is 0.411 e. The van der Waals surface area contributed by atoms with E-state index in [9.17, 15) is 13.2 Å². The van der Waals surface area contributed by atoms with Crippen LogP contribution in [0, 0.1) is 0 Å². The summed E-state index contributed by atoms with van der Waals surface area (Å²) in [5.74, 6) is 0. The van der Waals surface area contributed by atoms with E-state index in [-0.39, 0.29) is 12.6 Å². The Bertz CT molecular complexity index is 352. The van der Waals surface area contributed by atoms with E-state index in [0.29, 0.717) is 6.42 Å². The van der Waals surface area contributed by atoms with E-state index in [0.717, 1.165) is 12.1 Å². The van der Waals surface area contributed by atoms with E-state index < -0.39 is 12.8 Å². The zero-order valence-electron chi connectivity index (χ0n) is 10.5. The van der Waals surface area contributed by atoms with Crippen LogP contribution in [0.15, 0.2) is 12.4 Å². The van der Waals surface area contributed by atoms with Crippen LogP contribution in [0.5, 0.6) is 0 Å². The van der Waals surface area contributed by atoms with Crippen LogP contribution < -0.4 is 5.32 Å². The lowest BCUT2D eigenvalue weighted by Gasteiger charge is -2.15. The molecule has 0 aliphatic rings. The molecule has 0 saturated carbocycles. The van der Waals surface area contributed by atoms with Crippen LogP contribution in [0.3, 0.4) is 0 Å². The largest absolute Gasteiger partial charge is 0.411 e. The molecule has 18 heavy (non-hydrogen) atoms. The van der Waals surface area contributed by atoms with E-state index in [2.05, 4.69) is 15.2 Å². The minimum atomic E-state index is -4.26. The average molecular weight is 265 g/mol. The molecule has 0 bridgehead atoms. The summed E-state index contributed by atoms with van der Waals surface area (Å²) in [4.78, 5) is 0. The van der Waals surface area contributed by atoms with Gasteiger partial charge in [0.15, 0.2) is 0 Å². The van der Waals surface area contributed by atoms with Crippen molar-refractivity contribution in [1.29, 1.82) is 0 Å². The summed E-state index contributed by atoms with van der Waals surface area (Å²) in [7, 11) is 1.76. The predicted molar refractivity (Wildman–Crippen MR) is 61.2 cm³/mol. The number of hydrogen-bond acceptors (Lipinski definition) is 3. The van der Waals surface area contributed by atoms with Gasteiger partial charge in [-0.25, -0.2) is 0 Å². The van der Waals surface area contributed by atoms with Crippen LogP contribution in [0.2, 0.25) is 0 Å². The lowest BCUT2D eigenvalue weighted by Crippen LogP contribution is -2.21. The highest BCUT2D eigenvalue weighted by Gasteiger charge is 2.27. The number of nitrogens with zero attached hydrogens (tertiary/aromatic N) is 2. The van der Waals surface area contributed by atoms with E-state index >= 15 is 0 Å². The van der Waals surface area contributed by atoms with Gasteiger partial charge in [-0.05, 0) is 20.4 Å². The zero-order chi connectivity index (χ0) is 13.6. The van der Waals surface area contributed by atoms with Gasteiger partial charge in [0.1, 0.15) is 6.61 Å². The van der Waals surface area contributed by atoms with Crippen LogP contribution in [0.25, 0.3) is 0 Å². The summed E-state index contributed by atoms with van der Waals surface area (Å²) >= 11 is 0. The van der Waals surface area contributed by atoms with E-state index in [4.69, 9.17) is 0 Å². The standard InChI is InChI=1S/C11H18F3N3O/c1-3-17-7-9(6-16-17)10(15-2)4-5-18-8-11(12,13)14/h6-7,10,15H,3-5,8H2,1-2H3. The molecule has 1 aromatic heterocycles. The molecule has 0 radical (unpaired) electrons. The Balaban J connectivity index is 2.38. The SMILES string of the molecule is CCn1cc(C(CCOCC(F)(F)F)NC)cn1. The first-order chi connectivity index (χ1) is 8.46. The number of rotatable bonds is 7. The number of aryl methyl sites for hydroxylation is 1. The number of aromatic nitrogens is 2. The van der Waals surface area contributed by atoms with Crippen LogP contribution in [0.1, 0.15) is 24.9 Å². The van der Waals surface area contributed by atoms with Crippen LogP contribution in [0.4, 0.5) is 13.2 Å². The van der Waals surface area contributed by atoms with E-state index in [1.165, 1.54) is 0 Å². The molecule has 0 fully saturated rings. The Morgan fingerprint density at radius 2 is 2.22 bits per heavy atom. The molecule has 1 heterocycles. The molecule has 1 N–H and O–H groups in total. The Morgan fingerprint density at radius 3 is 2.72 bits per heavy atom. The zero-order valence-corrected chi connectivity index (χ0v) is 10.5. The molecule has 1 rings (SSSR count). The molecule has 104 valence electrons. The van der Waals surface area contributed by atoms with Gasteiger partial charge in [-0.15, -0.1) is 0 Å². The van der Waals surface area contributed by atoms with Crippen molar-refractivity contribution in [1.82, 2.24) is 15.1 Å². The second kappa shape index (κ2) is 6.75. The third-order valence-corrected chi connectivity index (χ3v) is 2.54. The smallest absolute Gasteiger partial charge is 0.372 e. The Labute approximate surface area is 104 Å². The molecule has 0 spiro atoms. The molecular formula is C11H18F3N3O. The number of nitrogens with one attached hydrogen (secondary N) is 1. The van der Waals surface area contributed by atoms with Crippen molar-refractivity contribution in [2.24, 2.45) is 0 Å². The van der Waals surface area contributed by atoms with Gasteiger partial charge in [-0.3, -0.25) is 4.68 Å². The van der Waals surface area contributed by atoms with Gasteiger partial charge in [0, 0.05) is 31.0 Å². The molecule has 1 unspecified atom stereocenters. The second-order valence-electron chi connectivity index (χ2n) is 3.93. The maximum absolute atomic E-state index is 11.9. The van der Waals surface area contributed by atoms with Gasteiger partial charge in [-0.1, -0.05) is 0 Å². The summed E-state index contributed by atoms with van der Waals surface area (Å²) in [6.07, 6.45) is -0.191. The molecule has 1 aromatic rings. The van der Waals surface area contributed by atoms with Crippen molar-refractivity contribution >= 4 is 0 Å². The Hall–Kier alpha value is -1.08. The van der Waals surface area contributed by atoms with E-state index in [1.54, 1.807) is 17.9 Å². The first-order valence-corrected chi connectivity index (χ1v) is 5.80. The Kier molecular flexibility index (Phi) is 5.61. The molecule has 1 atom stereocenters. The summed E-state index contributed by atoms with van der Waals surface area (Å²) < 4.78 is 42.0. The highest BCUT2D eigenvalue weighted by atomic mass is 19.4. The van der Waals surface area contributed by atoms with E-state index in [1.807, 2.05) is 13.1 Å². The normalized spacial score (nSPS) is 13.8. The van der Waals surface area contributed by atoms with Crippen molar-refractivity contribution in [3.8, 4) is 0 Å². The van der Waals surface area contributed by atoms with Gasteiger partial charge in [0.2, 0.25) is 0 Å². The molecule has 0 aromatic carbocycles. The molecule has 0 aliphatic heterocycles. The molecule has 0 aliphatic carbocycles. The lowest BCUT2D eigenvalue weighted by molar-refractivity contribution is -0.174. The summed E-state index contributed by atoms with van der Waals surface area (Å²) in [5, 5.41) is 7.17. The number of ether oxygens (including phenoxy) is 1. The quantitative estimate of drug-likeness (QED) is 0.768. The first-order valence-electron chi connectivity index (χ1n) is 5.80. The minimum Gasteiger partial charge on any atom is -0.372 e. The monoisotopic (exact) mass is 265 g/mol.